The van der Waals surface area contributed by atoms with E-state index >= 15 is 0 Å². The second kappa shape index (κ2) is 10.4. The highest BCUT2D eigenvalue weighted by atomic mass is 19.1. The number of pyridine rings is 1. The zero-order chi connectivity index (χ0) is 25.9. The molecule has 0 N–H and O–H groups in total. The van der Waals surface area contributed by atoms with Crippen LogP contribution in [0.3, 0.4) is 0 Å². The van der Waals surface area contributed by atoms with Gasteiger partial charge in [-0.2, -0.15) is 4.98 Å². The Hall–Kier alpha value is -4.57. The van der Waals surface area contributed by atoms with Gasteiger partial charge in [0.2, 0.25) is 5.75 Å². The molecule has 1 saturated heterocycles. The molecule has 10 heteroatoms. The van der Waals surface area contributed by atoms with Crippen molar-refractivity contribution in [1.29, 1.82) is 0 Å². The van der Waals surface area contributed by atoms with Gasteiger partial charge >= 0.3 is 5.56 Å². The quantitative estimate of drug-likeness (QED) is 0.324. The number of aromatic nitrogens is 4. The molecule has 6 rings (SSSR count). The van der Waals surface area contributed by atoms with E-state index in [4.69, 9.17) is 14.0 Å². The van der Waals surface area contributed by atoms with E-state index in [2.05, 4.69) is 20.0 Å². The van der Waals surface area contributed by atoms with Gasteiger partial charge in [-0.05, 0) is 35.4 Å². The van der Waals surface area contributed by atoms with Crippen LogP contribution in [0.4, 0.5) is 10.1 Å². The Morgan fingerprint density at radius 3 is 2.50 bits per heavy atom. The van der Waals surface area contributed by atoms with E-state index in [1.165, 1.54) is 16.5 Å². The highest BCUT2D eigenvalue weighted by Crippen LogP contribution is 2.27. The number of nitrogens with zero attached hydrogens (tertiary/aromatic N) is 5. The number of benzene rings is 2. The van der Waals surface area contributed by atoms with Gasteiger partial charge in [-0.25, -0.2) is 9.37 Å². The lowest BCUT2D eigenvalue weighted by Gasteiger charge is -2.28. The van der Waals surface area contributed by atoms with Gasteiger partial charge in [0.1, 0.15) is 18.1 Å². The maximum atomic E-state index is 13.7. The van der Waals surface area contributed by atoms with E-state index in [1.54, 1.807) is 24.4 Å². The molecule has 0 amide bonds. The number of halogens is 1. The molecule has 1 aliphatic heterocycles. The van der Waals surface area contributed by atoms with Crippen molar-refractivity contribution in [3.8, 4) is 17.3 Å². The summed E-state index contributed by atoms with van der Waals surface area (Å²) >= 11 is 0. The fraction of sp³-hybridized carbons (Fsp3) is 0.214. The molecule has 9 nitrogen and oxygen atoms in total. The molecule has 2 aromatic carbocycles. The topological polar surface area (TPSA) is 95.0 Å². The number of ether oxygens (including phenoxy) is 2. The molecule has 192 valence electrons. The van der Waals surface area contributed by atoms with Crippen LogP contribution in [-0.4, -0.2) is 45.8 Å². The molecule has 3 aromatic heterocycles. The first-order chi connectivity index (χ1) is 18.6. The summed E-state index contributed by atoms with van der Waals surface area (Å²) in [6.07, 6.45) is 2.10. The molecule has 0 aliphatic carbocycles. The highest BCUT2D eigenvalue weighted by Gasteiger charge is 2.23. The normalized spacial score (nSPS) is 13.7. The first-order valence-electron chi connectivity index (χ1n) is 12.3. The summed E-state index contributed by atoms with van der Waals surface area (Å²) in [5, 5.41) is 4.05. The van der Waals surface area contributed by atoms with Crippen molar-refractivity contribution in [2.24, 2.45) is 0 Å². The summed E-state index contributed by atoms with van der Waals surface area (Å²) in [7, 11) is 0. The number of rotatable bonds is 7. The third kappa shape index (κ3) is 4.98. The highest BCUT2D eigenvalue weighted by molar-refractivity contribution is 5.62. The fourth-order valence-electron chi connectivity index (χ4n) is 4.33. The summed E-state index contributed by atoms with van der Waals surface area (Å²) in [4.78, 5) is 25.1. The van der Waals surface area contributed by atoms with Gasteiger partial charge in [0.05, 0.1) is 18.9 Å². The minimum atomic E-state index is -0.380. The first-order valence-corrected chi connectivity index (χ1v) is 12.3. The van der Waals surface area contributed by atoms with Crippen LogP contribution in [0.15, 0.2) is 82.2 Å². The number of morpholine rings is 1. The van der Waals surface area contributed by atoms with Crippen molar-refractivity contribution >= 4 is 11.3 Å². The van der Waals surface area contributed by atoms with Gasteiger partial charge in [0, 0.05) is 25.7 Å². The smallest absolute Gasteiger partial charge is 0.301 e. The number of hydrogen-bond donors (Lipinski definition) is 0. The zero-order valence-electron chi connectivity index (χ0n) is 20.4. The Labute approximate surface area is 217 Å². The molecule has 4 heterocycles. The first kappa shape index (κ1) is 23.8. The van der Waals surface area contributed by atoms with E-state index in [0.717, 1.165) is 29.9 Å². The third-order valence-corrected chi connectivity index (χ3v) is 6.31. The summed E-state index contributed by atoms with van der Waals surface area (Å²) in [6.45, 7) is 2.90. The Kier molecular flexibility index (Phi) is 6.53. The third-order valence-electron chi connectivity index (χ3n) is 6.31. The lowest BCUT2D eigenvalue weighted by molar-refractivity contribution is 0.122. The molecule has 1 aliphatic rings. The lowest BCUT2D eigenvalue weighted by atomic mass is 10.1. The second-order valence-corrected chi connectivity index (χ2v) is 8.90. The van der Waals surface area contributed by atoms with Crippen LogP contribution in [0, 0.1) is 5.82 Å². The maximum absolute atomic E-state index is 13.7. The van der Waals surface area contributed by atoms with Crippen molar-refractivity contribution in [2.45, 2.75) is 13.0 Å². The van der Waals surface area contributed by atoms with E-state index in [1.807, 2.05) is 36.4 Å². The maximum Gasteiger partial charge on any atom is 0.301 e. The van der Waals surface area contributed by atoms with Crippen LogP contribution in [0.25, 0.3) is 17.2 Å². The molecule has 5 aromatic rings. The van der Waals surface area contributed by atoms with Gasteiger partial charge in [-0.1, -0.05) is 47.6 Å². The van der Waals surface area contributed by atoms with E-state index < -0.39 is 0 Å². The van der Waals surface area contributed by atoms with Gasteiger partial charge < -0.3 is 18.9 Å². The van der Waals surface area contributed by atoms with Crippen LogP contribution in [0.5, 0.6) is 5.75 Å². The lowest BCUT2D eigenvalue weighted by Crippen LogP contribution is -2.36. The minimum absolute atomic E-state index is 0.0162. The van der Waals surface area contributed by atoms with Gasteiger partial charge in [0.25, 0.3) is 5.89 Å². The molecule has 1 fully saturated rings. The van der Waals surface area contributed by atoms with Crippen molar-refractivity contribution in [1.82, 2.24) is 19.5 Å². The summed E-state index contributed by atoms with van der Waals surface area (Å²) < 4.78 is 31.8. The zero-order valence-corrected chi connectivity index (χ0v) is 20.4. The number of hydrogen-bond acceptors (Lipinski definition) is 8. The Bertz CT molecular complexity index is 1610. The average Bonchev–Trinajstić information content (AvgIpc) is 3.43. The molecular formula is C28H24FN5O4. The van der Waals surface area contributed by atoms with Crippen LogP contribution in [0.1, 0.15) is 17.0 Å². The minimum Gasteiger partial charge on any atom is -0.481 e. The number of anilines is 1. The van der Waals surface area contributed by atoms with Crippen LogP contribution in [-0.2, 0) is 17.8 Å². The Morgan fingerprint density at radius 1 is 0.921 bits per heavy atom. The molecule has 0 spiro atoms. The largest absolute Gasteiger partial charge is 0.481 e. The predicted molar refractivity (Wildman–Crippen MR) is 138 cm³/mol. The second-order valence-electron chi connectivity index (χ2n) is 8.90. The molecule has 0 atom stereocenters. The van der Waals surface area contributed by atoms with Crippen molar-refractivity contribution in [3.05, 3.63) is 106 Å². The van der Waals surface area contributed by atoms with Crippen molar-refractivity contribution < 1.29 is 18.4 Å². The van der Waals surface area contributed by atoms with Crippen LogP contribution in [0.2, 0.25) is 0 Å². The molecule has 0 saturated carbocycles. The summed E-state index contributed by atoms with van der Waals surface area (Å²) in [5.74, 6) is 0.148. The molecular weight excluding hydrogens is 489 g/mol. The average molecular weight is 514 g/mol. The summed E-state index contributed by atoms with van der Waals surface area (Å²) in [6, 6.07) is 19.3. The standard InChI is InChI=1S/C28H24FN5O4/c29-21-8-6-19(7-9-21)16-23-30-27(38-32-23)25-26(37-18-20-4-2-1-3-5-20)28(35)34-17-22(10-11-24(34)31-25)33-12-14-36-15-13-33/h1-11,17H,12-16,18H2. The summed E-state index contributed by atoms with van der Waals surface area (Å²) in [5.41, 5.74) is 2.82. The van der Waals surface area contributed by atoms with Crippen LogP contribution >= 0.6 is 0 Å². The van der Waals surface area contributed by atoms with Crippen LogP contribution < -0.4 is 15.2 Å². The Morgan fingerprint density at radius 2 is 1.71 bits per heavy atom. The Balaban J connectivity index is 1.39. The molecule has 0 radical (unpaired) electrons. The van der Waals surface area contributed by atoms with Gasteiger partial charge in [0.15, 0.2) is 11.5 Å². The van der Waals surface area contributed by atoms with E-state index in [0.29, 0.717) is 31.1 Å². The fourth-order valence-corrected chi connectivity index (χ4v) is 4.33. The molecule has 0 bridgehead atoms. The van der Waals surface area contributed by atoms with Gasteiger partial charge in [-0.3, -0.25) is 9.20 Å². The molecule has 38 heavy (non-hydrogen) atoms. The van der Waals surface area contributed by atoms with E-state index in [9.17, 15) is 9.18 Å². The predicted octanol–water partition coefficient (Wildman–Crippen LogP) is 3.89. The van der Waals surface area contributed by atoms with E-state index in [-0.39, 0.29) is 35.3 Å². The molecule has 0 unspecified atom stereocenters. The monoisotopic (exact) mass is 513 g/mol. The van der Waals surface area contributed by atoms with Crippen molar-refractivity contribution in [3.63, 3.8) is 0 Å². The van der Waals surface area contributed by atoms with Crippen molar-refractivity contribution in [2.75, 3.05) is 31.2 Å². The number of fused-ring (bicyclic) bond motifs is 1. The van der Waals surface area contributed by atoms with Gasteiger partial charge in [-0.15, -0.1) is 0 Å². The SMILES string of the molecule is O=c1c(OCc2ccccc2)c(-c2nc(Cc3ccc(F)cc3)no2)nc2ccc(N3CCOCC3)cn12.